The van der Waals surface area contributed by atoms with E-state index in [1.54, 1.807) is 27.0 Å². The Hall–Kier alpha value is -1.78. The van der Waals surface area contributed by atoms with E-state index in [9.17, 15) is 4.79 Å². The molecule has 0 radical (unpaired) electrons. The molecule has 17 heavy (non-hydrogen) atoms. The molecule has 0 bridgehead atoms. The highest BCUT2D eigenvalue weighted by atomic mass is 16.7. The van der Waals surface area contributed by atoms with Gasteiger partial charge < -0.3 is 14.8 Å². The van der Waals surface area contributed by atoms with Gasteiger partial charge in [-0.15, -0.1) is 0 Å². The van der Waals surface area contributed by atoms with Crippen molar-refractivity contribution in [3.05, 3.63) is 24.4 Å². The Morgan fingerprint density at radius 1 is 1.41 bits per heavy atom. The molecule has 0 atom stereocenters. The zero-order chi connectivity index (χ0) is 12.7. The zero-order valence-electron chi connectivity index (χ0n) is 10.4. The molecule has 0 aliphatic rings. The molecule has 0 aliphatic carbocycles. The molecular formula is C12H18N2O3. The van der Waals surface area contributed by atoms with E-state index >= 15 is 0 Å². The van der Waals surface area contributed by atoms with E-state index in [1.807, 2.05) is 18.2 Å². The minimum atomic E-state index is -0.652. The monoisotopic (exact) mass is 238 g/mol. The smallest absolute Gasteiger partial charge is 0.432 e. The number of nitrogens with zero attached hydrogens (tertiary/aromatic N) is 1. The van der Waals surface area contributed by atoms with Crippen LogP contribution >= 0.6 is 0 Å². The minimum absolute atomic E-state index is 0.242. The summed E-state index contributed by atoms with van der Waals surface area (Å²) in [6, 6.07) is 5.56. The van der Waals surface area contributed by atoms with E-state index in [0.29, 0.717) is 6.54 Å². The molecule has 1 heterocycles. The van der Waals surface area contributed by atoms with Crippen molar-refractivity contribution in [2.24, 2.45) is 0 Å². The van der Waals surface area contributed by atoms with Crippen molar-refractivity contribution in [3.63, 3.8) is 0 Å². The van der Waals surface area contributed by atoms with Gasteiger partial charge in [0.05, 0.1) is 6.54 Å². The third-order valence-electron chi connectivity index (χ3n) is 1.68. The molecule has 1 N–H and O–H groups in total. The highest BCUT2D eigenvalue weighted by Gasteiger charge is 2.16. The Labute approximate surface area is 101 Å². The van der Waals surface area contributed by atoms with Crippen LogP contribution in [0.4, 0.5) is 10.6 Å². The topological polar surface area (TPSA) is 60.5 Å². The molecule has 5 heteroatoms. The third kappa shape index (κ3) is 6.40. The van der Waals surface area contributed by atoms with Crippen LogP contribution < -0.4 is 5.32 Å². The first-order valence-electron chi connectivity index (χ1n) is 5.48. The van der Waals surface area contributed by atoms with Gasteiger partial charge in [0.2, 0.25) is 0 Å². The maximum atomic E-state index is 11.2. The SMILES string of the molecule is CC(C)(C)OC(=O)OCCNc1ccccn1. The zero-order valence-corrected chi connectivity index (χ0v) is 10.4. The van der Waals surface area contributed by atoms with E-state index in [-0.39, 0.29) is 6.61 Å². The van der Waals surface area contributed by atoms with Gasteiger partial charge in [0.15, 0.2) is 0 Å². The summed E-state index contributed by atoms with van der Waals surface area (Å²) in [5.41, 5.74) is -0.522. The Balaban J connectivity index is 2.14. The fraction of sp³-hybridized carbons (Fsp3) is 0.500. The molecule has 94 valence electrons. The van der Waals surface area contributed by atoms with Gasteiger partial charge in [0.1, 0.15) is 18.0 Å². The fourth-order valence-corrected chi connectivity index (χ4v) is 1.06. The van der Waals surface area contributed by atoms with Gasteiger partial charge in [-0.3, -0.25) is 0 Å². The average molecular weight is 238 g/mol. The van der Waals surface area contributed by atoms with Gasteiger partial charge in [0.25, 0.3) is 0 Å². The lowest BCUT2D eigenvalue weighted by Gasteiger charge is -2.18. The fourth-order valence-electron chi connectivity index (χ4n) is 1.06. The van der Waals surface area contributed by atoms with Crippen molar-refractivity contribution >= 4 is 12.0 Å². The predicted octanol–water partition coefficient (Wildman–Crippen LogP) is 2.45. The molecule has 0 unspecified atom stereocenters. The van der Waals surface area contributed by atoms with Gasteiger partial charge in [0, 0.05) is 6.20 Å². The molecular weight excluding hydrogens is 220 g/mol. The Kier molecular flexibility index (Phi) is 4.75. The van der Waals surface area contributed by atoms with Crippen LogP contribution in [-0.2, 0) is 9.47 Å². The molecule has 0 aliphatic heterocycles. The average Bonchev–Trinajstić information content (AvgIpc) is 2.23. The van der Waals surface area contributed by atoms with Crippen LogP contribution in [0.3, 0.4) is 0 Å². The van der Waals surface area contributed by atoms with Gasteiger partial charge in [-0.05, 0) is 32.9 Å². The molecule has 0 fully saturated rings. The molecule has 0 aromatic carbocycles. The number of hydrogen-bond acceptors (Lipinski definition) is 5. The van der Waals surface area contributed by atoms with E-state index in [0.717, 1.165) is 5.82 Å². The lowest BCUT2D eigenvalue weighted by molar-refractivity contribution is -0.00545. The van der Waals surface area contributed by atoms with Crippen LogP contribution in [0.1, 0.15) is 20.8 Å². The van der Waals surface area contributed by atoms with Crippen LogP contribution in [0.15, 0.2) is 24.4 Å². The summed E-state index contributed by atoms with van der Waals surface area (Å²) in [5.74, 6) is 0.750. The molecule has 0 spiro atoms. The molecule has 0 amide bonds. The lowest BCUT2D eigenvalue weighted by Crippen LogP contribution is -2.25. The van der Waals surface area contributed by atoms with Gasteiger partial charge in [-0.25, -0.2) is 9.78 Å². The van der Waals surface area contributed by atoms with Crippen molar-refractivity contribution in [1.29, 1.82) is 0 Å². The molecule has 1 aromatic heterocycles. The van der Waals surface area contributed by atoms with Gasteiger partial charge >= 0.3 is 6.16 Å². The summed E-state index contributed by atoms with van der Waals surface area (Å²) in [7, 11) is 0. The summed E-state index contributed by atoms with van der Waals surface area (Å²) in [4.78, 5) is 15.3. The number of hydrogen-bond donors (Lipinski definition) is 1. The van der Waals surface area contributed by atoms with E-state index < -0.39 is 11.8 Å². The maximum absolute atomic E-state index is 11.2. The van der Waals surface area contributed by atoms with E-state index in [1.165, 1.54) is 0 Å². The highest BCUT2D eigenvalue weighted by Crippen LogP contribution is 2.07. The van der Waals surface area contributed by atoms with Crippen LogP contribution in [0, 0.1) is 0 Å². The first kappa shape index (κ1) is 13.3. The lowest BCUT2D eigenvalue weighted by atomic mass is 10.2. The quantitative estimate of drug-likeness (QED) is 0.645. The van der Waals surface area contributed by atoms with Crippen LogP contribution in [0.2, 0.25) is 0 Å². The molecule has 0 saturated carbocycles. The summed E-state index contributed by atoms with van der Waals surface area (Å²) in [6.07, 6.45) is 1.04. The van der Waals surface area contributed by atoms with E-state index in [2.05, 4.69) is 10.3 Å². The number of carbonyl (C=O) groups is 1. The predicted molar refractivity (Wildman–Crippen MR) is 64.9 cm³/mol. The largest absolute Gasteiger partial charge is 0.508 e. The normalized spacial score (nSPS) is 10.8. The number of carbonyl (C=O) groups excluding carboxylic acids is 1. The highest BCUT2D eigenvalue weighted by molar-refractivity contribution is 5.60. The number of rotatable bonds is 4. The third-order valence-corrected chi connectivity index (χ3v) is 1.68. The van der Waals surface area contributed by atoms with Crippen molar-refractivity contribution in [2.45, 2.75) is 26.4 Å². The summed E-state index contributed by atoms with van der Waals surface area (Å²) < 4.78 is 9.87. The second-order valence-corrected chi connectivity index (χ2v) is 4.45. The maximum Gasteiger partial charge on any atom is 0.508 e. The van der Waals surface area contributed by atoms with Crippen LogP contribution in [-0.4, -0.2) is 29.9 Å². The number of anilines is 1. The number of aromatic nitrogens is 1. The molecule has 0 saturated heterocycles. The minimum Gasteiger partial charge on any atom is -0.432 e. The van der Waals surface area contributed by atoms with Crippen LogP contribution in [0.25, 0.3) is 0 Å². The second-order valence-electron chi connectivity index (χ2n) is 4.45. The van der Waals surface area contributed by atoms with Crippen molar-refractivity contribution < 1.29 is 14.3 Å². The van der Waals surface area contributed by atoms with Gasteiger partial charge in [-0.2, -0.15) is 0 Å². The Morgan fingerprint density at radius 2 is 2.18 bits per heavy atom. The molecule has 1 rings (SSSR count). The number of nitrogens with one attached hydrogen (secondary N) is 1. The number of pyridine rings is 1. The van der Waals surface area contributed by atoms with Crippen molar-refractivity contribution in [1.82, 2.24) is 4.98 Å². The Bertz CT molecular complexity index is 347. The van der Waals surface area contributed by atoms with Crippen molar-refractivity contribution in [2.75, 3.05) is 18.5 Å². The molecule has 5 nitrogen and oxygen atoms in total. The van der Waals surface area contributed by atoms with Gasteiger partial charge in [-0.1, -0.05) is 6.07 Å². The second kappa shape index (κ2) is 6.08. The summed E-state index contributed by atoms with van der Waals surface area (Å²) in [6.45, 7) is 6.11. The first-order chi connectivity index (χ1) is 7.97. The molecule has 1 aromatic rings. The summed E-state index contributed by atoms with van der Waals surface area (Å²) in [5, 5.41) is 3.02. The standard InChI is InChI=1S/C12H18N2O3/c1-12(2,3)17-11(15)16-9-8-14-10-6-4-5-7-13-10/h4-7H,8-9H2,1-3H3,(H,13,14). The Morgan fingerprint density at radius 3 is 2.76 bits per heavy atom. The van der Waals surface area contributed by atoms with E-state index in [4.69, 9.17) is 9.47 Å². The van der Waals surface area contributed by atoms with Crippen LogP contribution in [0.5, 0.6) is 0 Å². The first-order valence-corrected chi connectivity index (χ1v) is 5.48. The summed E-state index contributed by atoms with van der Waals surface area (Å²) >= 11 is 0. The number of ether oxygens (including phenoxy) is 2. The van der Waals surface area contributed by atoms with Crippen molar-refractivity contribution in [3.8, 4) is 0 Å².